The van der Waals surface area contributed by atoms with E-state index in [9.17, 15) is 9.59 Å². The number of carbonyl (C=O) groups is 2. The van der Waals surface area contributed by atoms with Gasteiger partial charge in [-0.1, -0.05) is 19.9 Å². The highest BCUT2D eigenvalue weighted by molar-refractivity contribution is 7.10. The number of nitrogens with zero attached hydrogens (tertiary/aromatic N) is 1. The van der Waals surface area contributed by atoms with E-state index in [-0.39, 0.29) is 11.9 Å². The molecule has 0 spiro atoms. The molecular formula is C19H23N3O3S. The Bertz CT molecular complexity index is 788. The number of hydrogen-bond donors (Lipinski definition) is 2. The first-order chi connectivity index (χ1) is 12.5. The smallest absolute Gasteiger partial charge is 0.411 e. The van der Waals surface area contributed by atoms with E-state index in [2.05, 4.69) is 22.1 Å². The first-order valence-electron chi connectivity index (χ1n) is 8.66. The van der Waals surface area contributed by atoms with E-state index >= 15 is 0 Å². The van der Waals surface area contributed by atoms with E-state index in [1.54, 1.807) is 40.5 Å². The molecule has 2 heterocycles. The van der Waals surface area contributed by atoms with Crippen molar-refractivity contribution in [2.45, 2.75) is 26.8 Å². The molecule has 0 radical (unpaired) electrons. The fourth-order valence-electron chi connectivity index (χ4n) is 2.70. The second kappa shape index (κ2) is 8.23. The maximum absolute atomic E-state index is 12.5. The molecule has 7 heteroatoms. The maximum Gasteiger partial charge on any atom is 0.411 e. The van der Waals surface area contributed by atoms with Gasteiger partial charge in [-0.2, -0.15) is 0 Å². The van der Waals surface area contributed by atoms with Gasteiger partial charge in [0.05, 0.1) is 6.61 Å². The number of amides is 3. The van der Waals surface area contributed by atoms with Gasteiger partial charge in [0.15, 0.2) is 0 Å². The van der Waals surface area contributed by atoms with Crippen LogP contribution in [0.3, 0.4) is 0 Å². The average Bonchev–Trinajstić information content (AvgIpc) is 3.08. The molecular weight excluding hydrogens is 350 g/mol. The first-order valence-corrected chi connectivity index (χ1v) is 9.54. The lowest BCUT2D eigenvalue weighted by Gasteiger charge is -2.27. The SMILES string of the molecule is CC(C)COC(=O)Nc1cccc(NC(=O)N2CCc3sccc3C2)c1. The molecule has 1 aromatic heterocycles. The minimum Gasteiger partial charge on any atom is -0.449 e. The van der Waals surface area contributed by atoms with Crippen LogP contribution in [0.1, 0.15) is 24.3 Å². The number of nitrogens with one attached hydrogen (secondary N) is 2. The van der Waals surface area contributed by atoms with Crippen molar-refractivity contribution >= 4 is 34.8 Å². The molecule has 1 aliphatic rings. The summed E-state index contributed by atoms with van der Waals surface area (Å²) >= 11 is 1.75. The van der Waals surface area contributed by atoms with Gasteiger partial charge in [-0.15, -0.1) is 11.3 Å². The van der Waals surface area contributed by atoms with Crippen molar-refractivity contribution in [3.63, 3.8) is 0 Å². The van der Waals surface area contributed by atoms with Crippen molar-refractivity contribution in [1.82, 2.24) is 4.90 Å². The summed E-state index contributed by atoms with van der Waals surface area (Å²) in [5.74, 6) is 0.277. The van der Waals surface area contributed by atoms with Crippen LogP contribution in [-0.2, 0) is 17.7 Å². The number of benzene rings is 1. The Morgan fingerprint density at radius 3 is 2.77 bits per heavy atom. The summed E-state index contributed by atoms with van der Waals surface area (Å²) in [5, 5.41) is 7.64. The van der Waals surface area contributed by atoms with Gasteiger partial charge in [0.1, 0.15) is 0 Å². The lowest BCUT2D eigenvalue weighted by Crippen LogP contribution is -2.38. The summed E-state index contributed by atoms with van der Waals surface area (Å²) in [6.07, 6.45) is 0.396. The van der Waals surface area contributed by atoms with Crippen LogP contribution >= 0.6 is 11.3 Å². The lowest BCUT2D eigenvalue weighted by atomic mass is 10.1. The Kier molecular flexibility index (Phi) is 5.78. The van der Waals surface area contributed by atoms with Crippen LogP contribution in [0.5, 0.6) is 0 Å². The zero-order valence-corrected chi connectivity index (χ0v) is 15.8. The molecule has 0 bridgehead atoms. The summed E-state index contributed by atoms with van der Waals surface area (Å²) in [4.78, 5) is 27.4. The molecule has 2 aromatic rings. The Hall–Kier alpha value is -2.54. The van der Waals surface area contributed by atoms with Crippen LogP contribution in [0.4, 0.5) is 21.0 Å². The minimum absolute atomic E-state index is 0.138. The molecule has 26 heavy (non-hydrogen) atoms. The van der Waals surface area contributed by atoms with Crippen molar-refractivity contribution in [1.29, 1.82) is 0 Å². The monoisotopic (exact) mass is 373 g/mol. The Morgan fingerprint density at radius 2 is 2.00 bits per heavy atom. The first kappa shape index (κ1) is 18.3. The van der Waals surface area contributed by atoms with E-state index in [0.29, 0.717) is 31.1 Å². The predicted octanol–water partition coefficient (Wildman–Crippen LogP) is 4.54. The van der Waals surface area contributed by atoms with Gasteiger partial charge >= 0.3 is 12.1 Å². The number of thiophene rings is 1. The molecule has 3 rings (SSSR count). The van der Waals surface area contributed by atoms with Gasteiger partial charge < -0.3 is 15.0 Å². The second-order valence-corrected chi connectivity index (χ2v) is 7.67. The zero-order valence-electron chi connectivity index (χ0n) is 15.0. The van der Waals surface area contributed by atoms with Crippen LogP contribution in [-0.4, -0.2) is 30.2 Å². The lowest BCUT2D eigenvalue weighted by molar-refractivity contribution is 0.147. The maximum atomic E-state index is 12.5. The number of ether oxygens (including phenoxy) is 1. The molecule has 138 valence electrons. The molecule has 2 N–H and O–H groups in total. The highest BCUT2D eigenvalue weighted by Crippen LogP contribution is 2.24. The topological polar surface area (TPSA) is 70.7 Å². The summed E-state index contributed by atoms with van der Waals surface area (Å²) in [6.45, 7) is 5.65. The molecule has 0 atom stereocenters. The van der Waals surface area contributed by atoms with Crippen molar-refractivity contribution in [3.05, 3.63) is 46.2 Å². The number of fused-ring (bicyclic) bond motifs is 1. The minimum atomic E-state index is -0.497. The molecule has 0 fully saturated rings. The van der Waals surface area contributed by atoms with Gasteiger partial charge in [0, 0.05) is 29.3 Å². The Balaban J connectivity index is 1.56. The second-order valence-electron chi connectivity index (χ2n) is 6.67. The number of carbonyl (C=O) groups excluding carboxylic acids is 2. The molecule has 0 unspecified atom stereocenters. The van der Waals surface area contributed by atoms with E-state index in [1.807, 2.05) is 13.8 Å². The highest BCUT2D eigenvalue weighted by atomic mass is 32.1. The molecule has 1 aliphatic heterocycles. The molecule has 0 saturated heterocycles. The average molecular weight is 373 g/mol. The van der Waals surface area contributed by atoms with Gasteiger partial charge in [-0.3, -0.25) is 5.32 Å². The van der Waals surface area contributed by atoms with Crippen LogP contribution in [0.2, 0.25) is 0 Å². The van der Waals surface area contributed by atoms with Crippen LogP contribution in [0.15, 0.2) is 35.7 Å². The number of hydrogen-bond acceptors (Lipinski definition) is 4. The normalized spacial score (nSPS) is 13.3. The van der Waals surface area contributed by atoms with Crippen molar-refractivity contribution in [2.75, 3.05) is 23.8 Å². The number of anilines is 2. The van der Waals surface area contributed by atoms with Crippen molar-refractivity contribution < 1.29 is 14.3 Å². The molecule has 1 aromatic carbocycles. The molecule has 0 aliphatic carbocycles. The van der Waals surface area contributed by atoms with Crippen LogP contribution in [0.25, 0.3) is 0 Å². The summed E-state index contributed by atoms with van der Waals surface area (Å²) in [7, 11) is 0. The third kappa shape index (κ3) is 4.76. The Morgan fingerprint density at radius 1 is 1.23 bits per heavy atom. The van der Waals surface area contributed by atoms with Gasteiger partial charge in [-0.05, 0) is 47.5 Å². The molecule has 3 amide bonds. The van der Waals surface area contributed by atoms with Gasteiger partial charge in [-0.25, -0.2) is 9.59 Å². The number of rotatable bonds is 4. The quantitative estimate of drug-likeness (QED) is 0.826. The predicted molar refractivity (Wildman–Crippen MR) is 104 cm³/mol. The van der Waals surface area contributed by atoms with Crippen LogP contribution < -0.4 is 10.6 Å². The summed E-state index contributed by atoms with van der Waals surface area (Å²) in [5.41, 5.74) is 2.43. The highest BCUT2D eigenvalue weighted by Gasteiger charge is 2.21. The Labute approximate surface area is 157 Å². The number of urea groups is 1. The standard InChI is InChI=1S/C19H23N3O3S/c1-13(2)12-25-19(24)21-16-5-3-4-15(10-16)20-18(23)22-8-6-17-14(11-22)7-9-26-17/h3-5,7,9-10,13H,6,8,11-12H2,1-2H3,(H,20,23)(H,21,24). The van der Waals surface area contributed by atoms with E-state index in [0.717, 1.165) is 6.42 Å². The molecule has 0 saturated carbocycles. The van der Waals surface area contributed by atoms with Crippen molar-refractivity contribution in [3.8, 4) is 0 Å². The fraction of sp³-hybridized carbons (Fsp3) is 0.368. The summed E-state index contributed by atoms with van der Waals surface area (Å²) in [6, 6.07) is 8.98. The van der Waals surface area contributed by atoms with Gasteiger partial charge in [0.2, 0.25) is 0 Å². The van der Waals surface area contributed by atoms with Crippen molar-refractivity contribution in [2.24, 2.45) is 5.92 Å². The summed E-state index contributed by atoms with van der Waals surface area (Å²) < 4.78 is 5.10. The van der Waals surface area contributed by atoms with Crippen LogP contribution in [0, 0.1) is 5.92 Å². The zero-order chi connectivity index (χ0) is 18.5. The molecule has 6 nitrogen and oxygen atoms in total. The fourth-order valence-corrected chi connectivity index (χ4v) is 3.59. The third-order valence-electron chi connectivity index (χ3n) is 4.00. The van der Waals surface area contributed by atoms with E-state index < -0.39 is 6.09 Å². The van der Waals surface area contributed by atoms with E-state index in [1.165, 1.54) is 10.4 Å². The largest absolute Gasteiger partial charge is 0.449 e. The van der Waals surface area contributed by atoms with Gasteiger partial charge in [0.25, 0.3) is 0 Å². The van der Waals surface area contributed by atoms with E-state index in [4.69, 9.17) is 4.74 Å². The third-order valence-corrected chi connectivity index (χ3v) is 5.03.